The molecule has 2 atom stereocenters. The SMILES string of the molecule is COC(=O)[C@H]1Cc2ccccc2C[NH+]1CC(=O)Nc1cc(Cl)ccc1C. The van der Waals surface area contributed by atoms with Crippen molar-refractivity contribution in [2.75, 3.05) is 19.0 Å². The first-order valence-corrected chi connectivity index (χ1v) is 8.91. The third-order valence-electron chi connectivity index (χ3n) is 4.80. The van der Waals surface area contributed by atoms with Crippen LogP contribution in [0.3, 0.4) is 0 Å². The van der Waals surface area contributed by atoms with E-state index in [-0.39, 0.29) is 24.5 Å². The van der Waals surface area contributed by atoms with Gasteiger partial charge in [-0.3, -0.25) is 4.79 Å². The molecule has 1 amide bonds. The molecular weight excluding hydrogens is 352 g/mol. The number of halogens is 1. The zero-order chi connectivity index (χ0) is 18.7. The maximum absolute atomic E-state index is 12.6. The molecule has 0 radical (unpaired) electrons. The predicted octanol–water partition coefficient (Wildman–Crippen LogP) is 1.77. The Kier molecular flexibility index (Phi) is 5.59. The summed E-state index contributed by atoms with van der Waals surface area (Å²) in [6, 6.07) is 13.0. The summed E-state index contributed by atoms with van der Waals surface area (Å²) in [4.78, 5) is 25.7. The number of anilines is 1. The number of carbonyl (C=O) groups excluding carboxylic acids is 2. The Bertz CT molecular complexity index is 838. The van der Waals surface area contributed by atoms with Gasteiger partial charge in [-0.15, -0.1) is 0 Å². The summed E-state index contributed by atoms with van der Waals surface area (Å²) < 4.78 is 4.96. The van der Waals surface area contributed by atoms with E-state index >= 15 is 0 Å². The normalized spacial score (nSPS) is 18.7. The second-order valence-electron chi connectivity index (χ2n) is 6.57. The van der Waals surface area contributed by atoms with Gasteiger partial charge in [-0.1, -0.05) is 41.9 Å². The average Bonchev–Trinajstić information content (AvgIpc) is 2.63. The average molecular weight is 374 g/mol. The number of benzene rings is 2. The first-order chi connectivity index (χ1) is 12.5. The van der Waals surface area contributed by atoms with E-state index < -0.39 is 0 Å². The van der Waals surface area contributed by atoms with Crippen LogP contribution in [0.5, 0.6) is 0 Å². The molecule has 6 heteroatoms. The van der Waals surface area contributed by atoms with Crippen molar-refractivity contribution in [3.8, 4) is 0 Å². The van der Waals surface area contributed by atoms with E-state index in [4.69, 9.17) is 16.3 Å². The van der Waals surface area contributed by atoms with Crippen molar-refractivity contribution in [1.82, 2.24) is 0 Å². The Hall–Kier alpha value is -2.37. The quantitative estimate of drug-likeness (QED) is 0.803. The van der Waals surface area contributed by atoms with Crippen LogP contribution in [0.15, 0.2) is 42.5 Å². The molecule has 0 aliphatic carbocycles. The minimum atomic E-state index is -0.388. The Morgan fingerprint density at radius 3 is 2.69 bits per heavy atom. The maximum Gasteiger partial charge on any atom is 0.365 e. The highest BCUT2D eigenvalue weighted by Crippen LogP contribution is 2.20. The van der Waals surface area contributed by atoms with E-state index in [2.05, 4.69) is 5.32 Å². The van der Waals surface area contributed by atoms with Crippen LogP contribution in [0.4, 0.5) is 5.69 Å². The monoisotopic (exact) mass is 373 g/mol. The summed E-state index contributed by atoms with van der Waals surface area (Å²) in [6.45, 7) is 2.70. The van der Waals surface area contributed by atoms with Crippen LogP contribution in [-0.4, -0.2) is 31.6 Å². The van der Waals surface area contributed by atoms with Gasteiger partial charge in [0.05, 0.1) is 7.11 Å². The molecule has 0 saturated heterocycles. The highest BCUT2D eigenvalue weighted by atomic mass is 35.5. The van der Waals surface area contributed by atoms with Crippen molar-refractivity contribution < 1.29 is 19.2 Å². The van der Waals surface area contributed by atoms with Gasteiger partial charge in [-0.25, -0.2) is 4.79 Å². The number of aryl methyl sites for hydroxylation is 1. The van der Waals surface area contributed by atoms with E-state index in [1.807, 2.05) is 37.3 Å². The van der Waals surface area contributed by atoms with E-state index in [0.717, 1.165) is 21.6 Å². The first-order valence-electron chi connectivity index (χ1n) is 8.53. The number of ether oxygens (including phenoxy) is 1. The van der Waals surface area contributed by atoms with Crippen molar-refractivity contribution >= 4 is 29.2 Å². The van der Waals surface area contributed by atoms with Crippen LogP contribution in [0, 0.1) is 6.92 Å². The fourth-order valence-electron chi connectivity index (χ4n) is 3.37. The topological polar surface area (TPSA) is 59.8 Å². The molecule has 2 aromatic rings. The van der Waals surface area contributed by atoms with Crippen LogP contribution in [0.25, 0.3) is 0 Å². The summed E-state index contributed by atoms with van der Waals surface area (Å²) in [5.41, 5.74) is 3.92. The zero-order valence-corrected chi connectivity index (χ0v) is 15.6. The van der Waals surface area contributed by atoms with E-state index in [0.29, 0.717) is 23.7 Å². The second kappa shape index (κ2) is 7.89. The first kappa shape index (κ1) is 18.4. The molecule has 26 heavy (non-hydrogen) atoms. The van der Waals surface area contributed by atoms with Gasteiger partial charge in [0, 0.05) is 22.7 Å². The molecule has 0 fully saturated rings. The van der Waals surface area contributed by atoms with E-state index in [1.54, 1.807) is 12.1 Å². The molecule has 3 rings (SSSR count). The molecule has 0 aromatic heterocycles. The van der Waals surface area contributed by atoms with Crippen molar-refractivity contribution in [2.45, 2.75) is 25.9 Å². The summed E-state index contributed by atoms with van der Waals surface area (Å²) in [6.07, 6.45) is 0.571. The van der Waals surface area contributed by atoms with Crippen molar-refractivity contribution in [2.24, 2.45) is 0 Å². The van der Waals surface area contributed by atoms with Crippen molar-refractivity contribution in [3.05, 3.63) is 64.2 Å². The van der Waals surface area contributed by atoms with Crippen LogP contribution >= 0.6 is 11.6 Å². The number of hydrogen-bond donors (Lipinski definition) is 2. The second-order valence-corrected chi connectivity index (χ2v) is 7.00. The Balaban J connectivity index is 1.76. The summed E-state index contributed by atoms with van der Waals surface area (Å²) in [5.74, 6) is -0.445. The number of methoxy groups -OCH3 is 1. The van der Waals surface area contributed by atoms with Crippen LogP contribution < -0.4 is 10.2 Å². The van der Waals surface area contributed by atoms with Gasteiger partial charge in [0.2, 0.25) is 0 Å². The van der Waals surface area contributed by atoms with Gasteiger partial charge in [0.25, 0.3) is 5.91 Å². The summed E-state index contributed by atoms with van der Waals surface area (Å²) in [5, 5.41) is 3.47. The van der Waals surface area contributed by atoms with E-state index in [1.165, 1.54) is 7.11 Å². The molecule has 1 heterocycles. The highest BCUT2D eigenvalue weighted by Gasteiger charge is 2.37. The number of hydrogen-bond acceptors (Lipinski definition) is 3. The molecule has 0 saturated carbocycles. The molecule has 136 valence electrons. The molecule has 2 N–H and O–H groups in total. The molecule has 1 unspecified atom stereocenters. The minimum absolute atomic E-state index is 0.154. The fraction of sp³-hybridized carbons (Fsp3) is 0.300. The molecule has 2 aromatic carbocycles. The smallest absolute Gasteiger partial charge is 0.365 e. The van der Waals surface area contributed by atoms with Gasteiger partial charge in [0.15, 0.2) is 12.6 Å². The molecule has 1 aliphatic rings. The Morgan fingerprint density at radius 1 is 1.23 bits per heavy atom. The third kappa shape index (κ3) is 4.06. The minimum Gasteiger partial charge on any atom is -0.465 e. The predicted molar refractivity (Wildman–Crippen MR) is 100 cm³/mol. The maximum atomic E-state index is 12.6. The van der Waals surface area contributed by atoms with E-state index in [9.17, 15) is 9.59 Å². The standard InChI is InChI=1S/C20H21ClN2O3/c1-13-7-8-16(21)10-17(13)22-19(24)12-23-11-15-6-4-3-5-14(15)9-18(23)20(25)26-2/h3-8,10,18H,9,11-12H2,1-2H3,(H,22,24)/p+1/t18-/m1/s1. The van der Waals surface area contributed by atoms with Crippen LogP contribution in [-0.2, 0) is 27.3 Å². The number of amides is 1. The summed E-state index contributed by atoms with van der Waals surface area (Å²) >= 11 is 6.01. The summed E-state index contributed by atoms with van der Waals surface area (Å²) in [7, 11) is 1.38. The van der Waals surface area contributed by atoms with Crippen LogP contribution in [0.1, 0.15) is 16.7 Å². The number of carbonyl (C=O) groups is 2. The van der Waals surface area contributed by atoms with Crippen molar-refractivity contribution in [1.29, 1.82) is 0 Å². The molecule has 0 bridgehead atoms. The molecule has 0 spiro atoms. The molecule has 5 nitrogen and oxygen atoms in total. The van der Waals surface area contributed by atoms with Gasteiger partial charge in [-0.2, -0.15) is 0 Å². The Labute approximate surface area is 157 Å². The lowest BCUT2D eigenvalue weighted by Gasteiger charge is -2.31. The number of rotatable bonds is 4. The fourth-order valence-corrected chi connectivity index (χ4v) is 3.54. The van der Waals surface area contributed by atoms with Crippen LogP contribution in [0.2, 0.25) is 5.02 Å². The van der Waals surface area contributed by atoms with Gasteiger partial charge in [-0.05, 0) is 30.2 Å². The van der Waals surface area contributed by atoms with Gasteiger partial charge < -0.3 is 15.0 Å². The third-order valence-corrected chi connectivity index (χ3v) is 5.03. The number of nitrogens with one attached hydrogen (secondary N) is 2. The van der Waals surface area contributed by atoms with Crippen molar-refractivity contribution in [3.63, 3.8) is 0 Å². The molecule has 1 aliphatic heterocycles. The highest BCUT2D eigenvalue weighted by molar-refractivity contribution is 6.31. The number of esters is 1. The lowest BCUT2D eigenvalue weighted by Crippen LogP contribution is -3.17. The largest absolute Gasteiger partial charge is 0.465 e. The molecular formula is C20H22ClN2O3+. The zero-order valence-electron chi connectivity index (χ0n) is 14.8. The Morgan fingerprint density at radius 2 is 1.96 bits per heavy atom. The number of quaternary nitrogens is 1. The van der Waals surface area contributed by atoms with Gasteiger partial charge in [0.1, 0.15) is 6.54 Å². The lowest BCUT2D eigenvalue weighted by molar-refractivity contribution is -0.924. The van der Waals surface area contributed by atoms with Gasteiger partial charge >= 0.3 is 5.97 Å². The number of fused-ring (bicyclic) bond motifs is 1. The lowest BCUT2D eigenvalue weighted by atomic mass is 9.94.